The Morgan fingerprint density at radius 3 is 2.56 bits per heavy atom. The average molecular weight is 242 g/mol. The van der Waals surface area contributed by atoms with Crippen LogP contribution >= 0.6 is 0 Å². The van der Waals surface area contributed by atoms with E-state index in [-0.39, 0.29) is 11.6 Å². The summed E-state index contributed by atoms with van der Waals surface area (Å²) in [5.41, 5.74) is 2.23. The number of anilines is 1. The van der Waals surface area contributed by atoms with Gasteiger partial charge in [0, 0.05) is 24.8 Å². The van der Waals surface area contributed by atoms with Gasteiger partial charge >= 0.3 is 0 Å². The Bertz CT molecular complexity index is 560. The monoisotopic (exact) mass is 242 g/mol. The van der Waals surface area contributed by atoms with Crippen LogP contribution in [0.4, 0.5) is 5.69 Å². The molecule has 1 unspecified atom stereocenters. The predicted molar refractivity (Wildman–Crippen MR) is 74.9 cm³/mol. The largest absolute Gasteiger partial charge is 0.377 e. The van der Waals surface area contributed by atoms with E-state index in [1.807, 2.05) is 37.4 Å². The Hall–Kier alpha value is -2.03. The highest BCUT2D eigenvalue weighted by Gasteiger charge is 2.05. The van der Waals surface area contributed by atoms with Gasteiger partial charge in [-0.2, -0.15) is 0 Å². The molecular formula is C15H18N2O. The molecule has 0 amide bonds. The van der Waals surface area contributed by atoms with Crippen molar-refractivity contribution in [2.45, 2.75) is 26.4 Å². The Kier molecular flexibility index (Phi) is 3.82. The van der Waals surface area contributed by atoms with Gasteiger partial charge in [-0.25, -0.2) is 0 Å². The maximum atomic E-state index is 11.5. The molecule has 1 aromatic carbocycles. The topological polar surface area (TPSA) is 34.0 Å². The predicted octanol–water partition coefficient (Wildman–Crippen LogP) is 3.04. The second kappa shape index (κ2) is 5.54. The molecule has 94 valence electrons. The van der Waals surface area contributed by atoms with Crippen LogP contribution in [0.1, 0.15) is 25.5 Å². The fourth-order valence-corrected chi connectivity index (χ4v) is 1.94. The molecule has 0 fully saturated rings. The van der Waals surface area contributed by atoms with E-state index in [0.717, 1.165) is 5.69 Å². The summed E-state index contributed by atoms with van der Waals surface area (Å²) in [6.45, 7) is 4.76. The number of benzene rings is 1. The van der Waals surface area contributed by atoms with E-state index in [9.17, 15) is 4.79 Å². The molecule has 0 bridgehead atoms. The first kappa shape index (κ1) is 12.4. The van der Waals surface area contributed by atoms with Crippen LogP contribution in [0.5, 0.6) is 0 Å². The van der Waals surface area contributed by atoms with Crippen molar-refractivity contribution in [1.82, 2.24) is 4.57 Å². The number of hydrogen-bond donors (Lipinski definition) is 1. The number of rotatable bonds is 4. The maximum absolute atomic E-state index is 11.5. The first-order valence-corrected chi connectivity index (χ1v) is 6.22. The van der Waals surface area contributed by atoms with Crippen LogP contribution in [-0.2, 0) is 6.54 Å². The number of hydrogen-bond acceptors (Lipinski definition) is 2. The second-order valence-electron chi connectivity index (χ2n) is 4.32. The minimum absolute atomic E-state index is 0.0374. The summed E-state index contributed by atoms with van der Waals surface area (Å²) in [6, 6.07) is 13.9. The molecule has 1 atom stereocenters. The van der Waals surface area contributed by atoms with Crippen LogP contribution in [0.15, 0.2) is 53.5 Å². The van der Waals surface area contributed by atoms with Crippen molar-refractivity contribution < 1.29 is 0 Å². The van der Waals surface area contributed by atoms with Gasteiger partial charge in [0.25, 0.3) is 5.56 Å². The third kappa shape index (κ3) is 2.80. The van der Waals surface area contributed by atoms with Gasteiger partial charge in [-0.1, -0.05) is 30.3 Å². The van der Waals surface area contributed by atoms with Crippen molar-refractivity contribution >= 4 is 5.69 Å². The summed E-state index contributed by atoms with van der Waals surface area (Å²) < 4.78 is 1.69. The Morgan fingerprint density at radius 2 is 1.89 bits per heavy atom. The zero-order valence-electron chi connectivity index (χ0n) is 10.8. The van der Waals surface area contributed by atoms with Crippen molar-refractivity contribution in [2.75, 3.05) is 5.32 Å². The molecule has 0 saturated carbocycles. The Balaban J connectivity index is 2.17. The molecule has 0 aliphatic carbocycles. The van der Waals surface area contributed by atoms with Gasteiger partial charge < -0.3 is 9.88 Å². The Morgan fingerprint density at radius 1 is 1.17 bits per heavy atom. The van der Waals surface area contributed by atoms with Crippen molar-refractivity contribution in [3.63, 3.8) is 0 Å². The first-order chi connectivity index (χ1) is 8.70. The zero-order valence-corrected chi connectivity index (χ0v) is 10.8. The van der Waals surface area contributed by atoms with Gasteiger partial charge in [-0.15, -0.1) is 0 Å². The third-order valence-electron chi connectivity index (χ3n) is 3.01. The van der Waals surface area contributed by atoms with Crippen molar-refractivity contribution in [3.8, 4) is 0 Å². The summed E-state index contributed by atoms with van der Waals surface area (Å²) in [5, 5.41) is 3.40. The summed E-state index contributed by atoms with van der Waals surface area (Å²) in [7, 11) is 0. The van der Waals surface area contributed by atoms with Gasteiger partial charge in [-0.05, 0) is 25.5 Å². The third-order valence-corrected chi connectivity index (χ3v) is 3.01. The molecule has 0 aliphatic rings. The number of nitrogens with zero attached hydrogens (tertiary/aromatic N) is 1. The van der Waals surface area contributed by atoms with Crippen molar-refractivity contribution in [3.05, 3.63) is 64.6 Å². The molecule has 18 heavy (non-hydrogen) atoms. The van der Waals surface area contributed by atoms with Crippen molar-refractivity contribution in [2.24, 2.45) is 0 Å². The molecule has 1 heterocycles. The summed E-state index contributed by atoms with van der Waals surface area (Å²) >= 11 is 0. The molecule has 0 spiro atoms. The highest BCUT2D eigenvalue weighted by atomic mass is 16.1. The Labute approximate surface area is 107 Å². The summed E-state index contributed by atoms with van der Waals surface area (Å²) in [4.78, 5) is 11.5. The first-order valence-electron chi connectivity index (χ1n) is 6.22. The molecular weight excluding hydrogens is 224 g/mol. The molecule has 2 rings (SSSR count). The molecule has 0 saturated heterocycles. The highest BCUT2D eigenvalue weighted by molar-refractivity contribution is 5.43. The van der Waals surface area contributed by atoms with E-state index >= 15 is 0 Å². The standard InChI is InChI=1S/C15H18N2O/c1-3-17-11-14(9-10-15(17)18)16-12(2)13-7-5-4-6-8-13/h4-12,16H,3H2,1-2H3. The number of pyridine rings is 1. The van der Waals surface area contributed by atoms with Gasteiger partial charge in [0.2, 0.25) is 0 Å². The average Bonchev–Trinajstić information content (AvgIpc) is 2.42. The van der Waals surface area contributed by atoms with Gasteiger partial charge in [0.05, 0.1) is 5.69 Å². The summed E-state index contributed by atoms with van der Waals surface area (Å²) in [5.74, 6) is 0. The van der Waals surface area contributed by atoms with Crippen LogP contribution < -0.4 is 10.9 Å². The lowest BCUT2D eigenvalue weighted by molar-refractivity contribution is 0.725. The van der Waals surface area contributed by atoms with E-state index in [2.05, 4.69) is 24.4 Å². The van der Waals surface area contributed by atoms with Crippen molar-refractivity contribution in [1.29, 1.82) is 0 Å². The molecule has 2 aromatic rings. The minimum atomic E-state index is 0.0374. The maximum Gasteiger partial charge on any atom is 0.250 e. The second-order valence-corrected chi connectivity index (χ2v) is 4.32. The molecule has 3 heteroatoms. The smallest absolute Gasteiger partial charge is 0.250 e. The van der Waals surface area contributed by atoms with Gasteiger partial charge in [0.15, 0.2) is 0 Å². The van der Waals surface area contributed by atoms with Crippen LogP contribution in [0.2, 0.25) is 0 Å². The van der Waals surface area contributed by atoms with E-state index in [4.69, 9.17) is 0 Å². The number of aryl methyl sites for hydroxylation is 1. The van der Waals surface area contributed by atoms with E-state index in [1.54, 1.807) is 10.6 Å². The number of aromatic nitrogens is 1. The minimum Gasteiger partial charge on any atom is -0.377 e. The highest BCUT2D eigenvalue weighted by Crippen LogP contribution is 2.17. The van der Waals surface area contributed by atoms with Crippen LogP contribution in [0.3, 0.4) is 0 Å². The SMILES string of the molecule is CCn1cc(NC(C)c2ccccc2)ccc1=O. The fourth-order valence-electron chi connectivity index (χ4n) is 1.94. The van der Waals surface area contributed by atoms with E-state index in [0.29, 0.717) is 6.54 Å². The van der Waals surface area contributed by atoms with Gasteiger partial charge in [0.1, 0.15) is 0 Å². The molecule has 1 N–H and O–H groups in total. The fraction of sp³-hybridized carbons (Fsp3) is 0.267. The molecule has 3 nitrogen and oxygen atoms in total. The number of nitrogens with one attached hydrogen (secondary N) is 1. The van der Waals surface area contributed by atoms with Crippen LogP contribution in [0.25, 0.3) is 0 Å². The van der Waals surface area contributed by atoms with Crippen LogP contribution in [0, 0.1) is 0 Å². The lowest BCUT2D eigenvalue weighted by Crippen LogP contribution is -2.18. The molecule has 0 radical (unpaired) electrons. The van der Waals surface area contributed by atoms with Gasteiger partial charge in [-0.3, -0.25) is 4.79 Å². The zero-order chi connectivity index (χ0) is 13.0. The lowest BCUT2D eigenvalue weighted by Gasteiger charge is -2.16. The molecule has 0 aliphatic heterocycles. The van der Waals surface area contributed by atoms with E-state index < -0.39 is 0 Å². The van der Waals surface area contributed by atoms with Crippen LogP contribution in [-0.4, -0.2) is 4.57 Å². The summed E-state index contributed by atoms with van der Waals surface area (Å²) in [6.07, 6.45) is 1.86. The quantitative estimate of drug-likeness (QED) is 0.894. The van der Waals surface area contributed by atoms with E-state index in [1.165, 1.54) is 5.56 Å². The normalized spacial score (nSPS) is 12.1. The lowest BCUT2D eigenvalue weighted by atomic mass is 10.1. The molecule has 1 aromatic heterocycles.